The first-order valence-corrected chi connectivity index (χ1v) is 5.58. The summed E-state index contributed by atoms with van der Waals surface area (Å²) >= 11 is 0. The summed E-state index contributed by atoms with van der Waals surface area (Å²) in [6, 6.07) is 4.23. The number of carboxylic acids is 1. The van der Waals surface area contributed by atoms with Gasteiger partial charge in [0.05, 0.1) is 24.2 Å². The van der Waals surface area contributed by atoms with Gasteiger partial charge in [-0.15, -0.1) is 5.10 Å². The van der Waals surface area contributed by atoms with Gasteiger partial charge in [-0.1, -0.05) is 5.21 Å². The van der Waals surface area contributed by atoms with Crippen LogP contribution in [0.15, 0.2) is 18.2 Å². The summed E-state index contributed by atoms with van der Waals surface area (Å²) in [5.41, 5.74) is 0.948. The van der Waals surface area contributed by atoms with Gasteiger partial charge in [0.1, 0.15) is 12.1 Å². The van der Waals surface area contributed by atoms with Gasteiger partial charge in [-0.3, -0.25) is 0 Å². The van der Waals surface area contributed by atoms with Crippen molar-refractivity contribution in [3.63, 3.8) is 0 Å². The lowest BCUT2D eigenvalue weighted by Crippen LogP contribution is -2.19. The van der Waals surface area contributed by atoms with Gasteiger partial charge in [-0.05, 0) is 18.2 Å². The molecule has 0 aliphatic rings. The zero-order chi connectivity index (χ0) is 14.8. The predicted molar refractivity (Wildman–Crippen MR) is 61.4 cm³/mol. The summed E-state index contributed by atoms with van der Waals surface area (Å²) in [5, 5.41) is 16.4. The lowest BCUT2D eigenvalue weighted by Gasteiger charge is -2.07. The Labute approximate surface area is 110 Å². The van der Waals surface area contributed by atoms with Crippen LogP contribution in [0.1, 0.15) is 10.4 Å². The zero-order valence-electron chi connectivity index (χ0n) is 10.1. The maximum Gasteiger partial charge on any atom is 0.411 e. The van der Waals surface area contributed by atoms with Crippen molar-refractivity contribution in [2.24, 2.45) is 0 Å². The molecule has 0 aliphatic heterocycles. The van der Waals surface area contributed by atoms with Crippen LogP contribution < -0.4 is 0 Å². The number of carbonyl (C=O) groups is 1. The van der Waals surface area contributed by atoms with Crippen LogP contribution in [0.2, 0.25) is 0 Å². The van der Waals surface area contributed by atoms with Crippen LogP contribution in [0.5, 0.6) is 0 Å². The molecule has 2 aromatic rings. The second-order valence-corrected chi connectivity index (χ2v) is 3.99. The van der Waals surface area contributed by atoms with Crippen molar-refractivity contribution < 1.29 is 27.8 Å². The van der Waals surface area contributed by atoms with Crippen LogP contribution in [0.4, 0.5) is 13.2 Å². The molecule has 108 valence electrons. The van der Waals surface area contributed by atoms with Gasteiger partial charge in [0.2, 0.25) is 0 Å². The smallest absolute Gasteiger partial charge is 0.411 e. The molecular weight excluding hydrogens is 279 g/mol. The second kappa shape index (κ2) is 5.45. The molecule has 0 saturated carbocycles. The van der Waals surface area contributed by atoms with Crippen molar-refractivity contribution in [3.05, 3.63) is 23.8 Å². The van der Waals surface area contributed by atoms with Crippen LogP contribution in [0.3, 0.4) is 0 Å². The fourth-order valence-corrected chi connectivity index (χ4v) is 1.60. The number of benzene rings is 1. The van der Waals surface area contributed by atoms with E-state index in [1.54, 1.807) is 0 Å². The third kappa shape index (κ3) is 3.44. The van der Waals surface area contributed by atoms with Gasteiger partial charge in [-0.25, -0.2) is 9.48 Å². The Hall–Kier alpha value is -2.16. The Bertz CT molecular complexity index is 624. The highest BCUT2D eigenvalue weighted by Gasteiger charge is 2.27. The van der Waals surface area contributed by atoms with Crippen LogP contribution in [-0.4, -0.2) is 45.5 Å². The summed E-state index contributed by atoms with van der Waals surface area (Å²) in [4.78, 5) is 10.8. The van der Waals surface area contributed by atoms with Crippen molar-refractivity contribution in [1.29, 1.82) is 0 Å². The molecule has 0 aliphatic carbocycles. The summed E-state index contributed by atoms with van der Waals surface area (Å²) in [6.45, 7) is -1.48. The Kier molecular flexibility index (Phi) is 3.89. The molecule has 6 nitrogen and oxygen atoms in total. The molecule has 2 rings (SSSR count). The molecule has 0 bridgehead atoms. The van der Waals surface area contributed by atoms with Gasteiger partial charge in [0.25, 0.3) is 0 Å². The minimum absolute atomic E-state index is 0.0512. The Morgan fingerprint density at radius 2 is 2.15 bits per heavy atom. The normalized spacial score (nSPS) is 11.9. The highest BCUT2D eigenvalue weighted by Crippen LogP contribution is 2.15. The van der Waals surface area contributed by atoms with Crippen molar-refractivity contribution in [1.82, 2.24) is 15.0 Å². The number of aromatic nitrogens is 3. The SMILES string of the molecule is O=C(O)c1ccc2nnn(CCOCC(F)(F)F)c2c1. The van der Waals surface area contributed by atoms with Crippen molar-refractivity contribution in [2.75, 3.05) is 13.2 Å². The maximum absolute atomic E-state index is 11.9. The molecule has 1 heterocycles. The van der Waals surface area contributed by atoms with Gasteiger partial charge >= 0.3 is 12.1 Å². The summed E-state index contributed by atoms with van der Waals surface area (Å²) in [6.07, 6.45) is -4.37. The summed E-state index contributed by atoms with van der Waals surface area (Å²) in [7, 11) is 0. The highest BCUT2D eigenvalue weighted by atomic mass is 19.4. The van der Waals surface area contributed by atoms with E-state index in [4.69, 9.17) is 5.11 Å². The van der Waals surface area contributed by atoms with Crippen LogP contribution in [0.25, 0.3) is 11.0 Å². The van der Waals surface area contributed by atoms with E-state index in [1.807, 2.05) is 0 Å². The number of hydrogen-bond donors (Lipinski definition) is 1. The average Bonchev–Trinajstić information content (AvgIpc) is 2.76. The van der Waals surface area contributed by atoms with E-state index in [1.165, 1.54) is 22.9 Å². The summed E-state index contributed by atoms with van der Waals surface area (Å²) < 4.78 is 41.4. The number of fused-ring (bicyclic) bond motifs is 1. The molecule has 0 radical (unpaired) electrons. The Morgan fingerprint density at radius 1 is 1.40 bits per heavy atom. The molecule has 0 atom stereocenters. The van der Waals surface area contributed by atoms with Crippen molar-refractivity contribution in [3.8, 4) is 0 Å². The number of ether oxygens (including phenoxy) is 1. The number of nitrogens with zero attached hydrogens (tertiary/aromatic N) is 3. The van der Waals surface area contributed by atoms with Gasteiger partial charge in [-0.2, -0.15) is 13.2 Å². The predicted octanol–water partition coefficient (Wildman–Crippen LogP) is 1.71. The number of hydrogen-bond acceptors (Lipinski definition) is 4. The number of carboxylic acid groups (broad SMARTS) is 1. The Morgan fingerprint density at radius 3 is 2.80 bits per heavy atom. The van der Waals surface area contributed by atoms with E-state index < -0.39 is 18.8 Å². The molecule has 20 heavy (non-hydrogen) atoms. The lowest BCUT2D eigenvalue weighted by molar-refractivity contribution is -0.174. The average molecular weight is 289 g/mol. The molecule has 0 spiro atoms. The largest absolute Gasteiger partial charge is 0.478 e. The molecule has 0 unspecified atom stereocenters. The molecule has 1 N–H and O–H groups in total. The molecule has 1 aromatic carbocycles. The molecule has 0 amide bonds. The fraction of sp³-hybridized carbons (Fsp3) is 0.364. The van der Waals surface area contributed by atoms with E-state index in [0.717, 1.165) is 0 Å². The van der Waals surface area contributed by atoms with E-state index in [9.17, 15) is 18.0 Å². The molecule has 9 heteroatoms. The van der Waals surface area contributed by atoms with E-state index in [2.05, 4.69) is 15.0 Å². The number of halogens is 3. The first-order chi connectivity index (χ1) is 9.37. The van der Waals surface area contributed by atoms with Gasteiger partial charge in [0.15, 0.2) is 0 Å². The first kappa shape index (κ1) is 14.3. The third-order valence-corrected chi connectivity index (χ3v) is 2.47. The molecule has 1 aromatic heterocycles. The molecular formula is C11H10F3N3O3. The number of rotatable bonds is 5. The minimum atomic E-state index is -4.37. The van der Waals surface area contributed by atoms with Crippen molar-refractivity contribution in [2.45, 2.75) is 12.7 Å². The third-order valence-electron chi connectivity index (χ3n) is 2.47. The number of alkyl halides is 3. The quantitative estimate of drug-likeness (QED) is 0.848. The van der Waals surface area contributed by atoms with Crippen LogP contribution in [-0.2, 0) is 11.3 Å². The van der Waals surface area contributed by atoms with Crippen molar-refractivity contribution >= 4 is 17.0 Å². The lowest BCUT2D eigenvalue weighted by atomic mass is 10.2. The zero-order valence-corrected chi connectivity index (χ0v) is 10.1. The summed E-state index contributed by atoms with van der Waals surface area (Å²) in [5.74, 6) is -1.10. The first-order valence-electron chi connectivity index (χ1n) is 5.58. The maximum atomic E-state index is 11.9. The Balaban J connectivity index is 2.06. The minimum Gasteiger partial charge on any atom is -0.478 e. The van der Waals surface area contributed by atoms with E-state index in [0.29, 0.717) is 11.0 Å². The van der Waals surface area contributed by atoms with E-state index >= 15 is 0 Å². The monoisotopic (exact) mass is 289 g/mol. The van der Waals surface area contributed by atoms with Gasteiger partial charge < -0.3 is 9.84 Å². The molecule has 0 saturated heterocycles. The second-order valence-electron chi connectivity index (χ2n) is 3.99. The topological polar surface area (TPSA) is 77.2 Å². The fourth-order valence-electron chi connectivity index (χ4n) is 1.60. The number of aromatic carboxylic acids is 1. The molecule has 0 fully saturated rings. The van der Waals surface area contributed by atoms with E-state index in [-0.39, 0.29) is 18.7 Å². The highest BCUT2D eigenvalue weighted by molar-refractivity contribution is 5.92. The van der Waals surface area contributed by atoms with Gasteiger partial charge in [0, 0.05) is 0 Å². The van der Waals surface area contributed by atoms with Crippen LogP contribution in [0, 0.1) is 0 Å². The standard InChI is InChI=1S/C11H10F3N3O3/c12-11(13,14)6-20-4-3-17-9-5-7(10(18)19)1-2-8(9)15-16-17/h1-2,5H,3-4,6H2,(H,18,19). The van der Waals surface area contributed by atoms with Crippen LogP contribution >= 0.6 is 0 Å².